The van der Waals surface area contributed by atoms with E-state index in [-0.39, 0.29) is 5.41 Å². The fourth-order valence-corrected chi connectivity index (χ4v) is 4.15. The molecule has 1 aliphatic rings. The van der Waals surface area contributed by atoms with Crippen molar-refractivity contribution < 1.29 is 5.11 Å². The number of halogens is 2. The molecule has 2 nitrogen and oxygen atoms in total. The molecule has 2 rings (SSSR count). The molecule has 21 heavy (non-hydrogen) atoms. The monoisotopic (exact) mass is 329 g/mol. The lowest BCUT2D eigenvalue weighted by Gasteiger charge is -2.44. The third-order valence-corrected chi connectivity index (χ3v) is 5.89. The summed E-state index contributed by atoms with van der Waals surface area (Å²) in [5.74, 6) is 1.40. The average Bonchev–Trinajstić information content (AvgIpc) is 2.46. The van der Waals surface area contributed by atoms with Gasteiger partial charge in [-0.05, 0) is 49.7 Å². The summed E-state index contributed by atoms with van der Waals surface area (Å²) in [6.07, 6.45) is 3.36. The van der Waals surface area contributed by atoms with Crippen LogP contribution in [0.15, 0.2) is 18.2 Å². The first-order valence-corrected chi connectivity index (χ1v) is 8.49. The number of rotatable bonds is 4. The van der Waals surface area contributed by atoms with Gasteiger partial charge in [0.05, 0.1) is 6.10 Å². The molecular weight excluding hydrogens is 305 g/mol. The lowest BCUT2D eigenvalue weighted by atomic mass is 9.64. The zero-order valence-corrected chi connectivity index (χ0v) is 14.3. The van der Waals surface area contributed by atoms with Crippen molar-refractivity contribution in [1.29, 1.82) is 0 Å². The van der Waals surface area contributed by atoms with Gasteiger partial charge in [0.1, 0.15) is 0 Å². The van der Waals surface area contributed by atoms with E-state index in [0.717, 1.165) is 31.6 Å². The Hall–Kier alpha value is -0.280. The number of hydrogen-bond donors (Lipinski definition) is 2. The van der Waals surface area contributed by atoms with Crippen LogP contribution in [0.5, 0.6) is 0 Å². The van der Waals surface area contributed by atoms with E-state index in [0.29, 0.717) is 28.1 Å². The molecule has 0 saturated heterocycles. The first-order chi connectivity index (χ1) is 9.91. The second kappa shape index (κ2) is 6.87. The predicted octanol–water partition coefficient (Wildman–Crippen LogP) is 4.82. The molecule has 0 spiro atoms. The second-order valence-corrected chi connectivity index (χ2v) is 7.50. The van der Waals surface area contributed by atoms with Crippen LogP contribution in [0.1, 0.15) is 51.2 Å². The zero-order valence-electron chi connectivity index (χ0n) is 12.8. The van der Waals surface area contributed by atoms with Crippen molar-refractivity contribution in [2.75, 3.05) is 6.54 Å². The fourth-order valence-electron chi connectivity index (χ4n) is 3.55. The summed E-state index contributed by atoms with van der Waals surface area (Å²) in [4.78, 5) is 0. The normalized spacial score (nSPS) is 27.9. The minimum absolute atomic E-state index is 0.306. The second-order valence-electron chi connectivity index (χ2n) is 6.69. The van der Waals surface area contributed by atoms with Gasteiger partial charge in [-0.1, -0.05) is 43.1 Å². The van der Waals surface area contributed by atoms with Crippen molar-refractivity contribution in [2.24, 2.45) is 23.0 Å². The maximum absolute atomic E-state index is 10.9. The molecule has 0 aromatic heterocycles. The maximum Gasteiger partial charge on any atom is 0.0887 e. The molecule has 118 valence electrons. The van der Waals surface area contributed by atoms with Gasteiger partial charge in [0.25, 0.3) is 0 Å². The molecular formula is C17H25Cl2NO. The average molecular weight is 330 g/mol. The van der Waals surface area contributed by atoms with Gasteiger partial charge in [-0.15, -0.1) is 0 Å². The quantitative estimate of drug-likeness (QED) is 0.831. The molecule has 4 heteroatoms. The summed E-state index contributed by atoms with van der Waals surface area (Å²) in [5.41, 5.74) is 6.38. The first-order valence-electron chi connectivity index (χ1n) is 7.73. The minimum atomic E-state index is -0.697. The first kappa shape index (κ1) is 17.1. The van der Waals surface area contributed by atoms with Gasteiger partial charge >= 0.3 is 0 Å². The van der Waals surface area contributed by atoms with Gasteiger partial charge in [0, 0.05) is 27.6 Å². The highest BCUT2D eigenvalue weighted by Gasteiger charge is 2.42. The molecule has 1 aromatic carbocycles. The van der Waals surface area contributed by atoms with Crippen LogP contribution < -0.4 is 5.73 Å². The highest BCUT2D eigenvalue weighted by Crippen LogP contribution is 2.50. The van der Waals surface area contributed by atoms with E-state index in [1.165, 1.54) is 0 Å². The molecule has 1 aliphatic carbocycles. The van der Waals surface area contributed by atoms with Crippen LogP contribution in [0.4, 0.5) is 0 Å². The molecule has 1 unspecified atom stereocenters. The van der Waals surface area contributed by atoms with E-state index in [2.05, 4.69) is 13.8 Å². The van der Waals surface area contributed by atoms with Gasteiger partial charge in [0.15, 0.2) is 0 Å². The Bertz CT molecular complexity index is 461. The van der Waals surface area contributed by atoms with Crippen LogP contribution in [0.3, 0.4) is 0 Å². The predicted molar refractivity (Wildman–Crippen MR) is 89.7 cm³/mol. The topological polar surface area (TPSA) is 46.2 Å². The van der Waals surface area contributed by atoms with Crippen LogP contribution in [-0.2, 0) is 0 Å². The van der Waals surface area contributed by atoms with Crippen LogP contribution >= 0.6 is 23.2 Å². The molecule has 0 radical (unpaired) electrons. The molecule has 1 saturated carbocycles. The Morgan fingerprint density at radius 3 is 2.19 bits per heavy atom. The zero-order chi connectivity index (χ0) is 15.6. The molecule has 0 amide bonds. The Kier molecular flexibility index (Phi) is 5.59. The van der Waals surface area contributed by atoms with E-state index < -0.39 is 6.10 Å². The largest absolute Gasteiger partial charge is 0.388 e. The van der Waals surface area contributed by atoms with Crippen molar-refractivity contribution in [1.82, 2.24) is 0 Å². The van der Waals surface area contributed by atoms with Crippen molar-refractivity contribution in [3.8, 4) is 0 Å². The number of benzene rings is 1. The summed E-state index contributed by atoms with van der Waals surface area (Å²) in [6, 6.07) is 5.34. The molecule has 1 aromatic rings. The standard InChI is InChI=1S/C17H25Cl2NO/c1-11(2)12-6-8-17(10-20,9-7-12)16(21)15-13(18)4-3-5-14(15)19/h3-5,11-12,16,21H,6-10,20H2,1-2H3. The molecule has 1 fully saturated rings. The van der Waals surface area contributed by atoms with Gasteiger partial charge in [-0.2, -0.15) is 0 Å². The molecule has 3 N–H and O–H groups in total. The highest BCUT2D eigenvalue weighted by molar-refractivity contribution is 6.36. The summed E-state index contributed by atoms with van der Waals surface area (Å²) < 4.78 is 0. The minimum Gasteiger partial charge on any atom is -0.388 e. The Morgan fingerprint density at radius 1 is 1.24 bits per heavy atom. The van der Waals surface area contributed by atoms with E-state index in [9.17, 15) is 5.11 Å². The van der Waals surface area contributed by atoms with Crippen LogP contribution in [0, 0.1) is 17.3 Å². The van der Waals surface area contributed by atoms with Crippen LogP contribution in [0.2, 0.25) is 10.0 Å². The smallest absolute Gasteiger partial charge is 0.0887 e. The van der Waals surface area contributed by atoms with Gasteiger partial charge < -0.3 is 10.8 Å². The fraction of sp³-hybridized carbons (Fsp3) is 0.647. The molecule has 0 bridgehead atoms. The molecule has 1 atom stereocenters. The van der Waals surface area contributed by atoms with E-state index in [1.807, 2.05) is 0 Å². The Morgan fingerprint density at radius 2 is 1.76 bits per heavy atom. The summed E-state index contributed by atoms with van der Waals surface area (Å²) >= 11 is 12.5. The summed E-state index contributed by atoms with van der Waals surface area (Å²) in [6.45, 7) is 4.99. The SMILES string of the molecule is CC(C)C1CCC(CN)(C(O)c2c(Cl)cccc2Cl)CC1. The number of nitrogens with two attached hydrogens (primary N) is 1. The van der Waals surface area contributed by atoms with E-state index in [1.54, 1.807) is 18.2 Å². The van der Waals surface area contributed by atoms with Crippen molar-refractivity contribution in [3.05, 3.63) is 33.8 Å². The molecule has 0 heterocycles. The van der Waals surface area contributed by atoms with E-state index in [4.69, 9.17) is 28.9 Å². The lowest BCUT2D eigenvalue weighted by molar-refractivity contribution is -0.0147. The maximum atomic E-state index is 10.9. The van der Waals surface area contributed by atoms with E-state index >= 15 is 0 Å². The number of aliphatic hydroxyl groups is 1. The highest BCUT2D eigenvalue weighted by atomic mass is 35.5. The summed E-state index contributed by atoms with van der Waals surface area (Å²) in [7, 11) is 0. The van der Waals surface area contributed by atoms with Gasteiger partial charge in [-0.3, -0.25) is 0 Å². The van der Waals surface area contributed by atoms with Crippen LogP contribution in [-0.4, -0.2) is 11.7 Å². The lowest BCUT2D eigenvalue weighted by Crippen LogP contribution is -2.41. The van der Waals surface area contributed by atoms with Crippen molar-refractivity contribution >= 4 is 23.2 Å². The third kappa shape index (κ3) is 3.39. The Labute approximate surface area is 137 Å². The third-order valence-electron chi connectivity index (χ3n) is 5.23. The van der Waals surface area contributed by atoms with Crippen molar-refractivity contribution in [3.63, 3.8) is 0 Å². The van der Waals surface area contributed by atoms with Crippen LogP contribution in [0.25, 0.3) is 0 Å². The Balaban J connectivity index is 2.25. The van der Waals surface area contributed by atoms with Gasteiger partial charge in [-0.25, -0.2) is 0 Å². The number of aliphatic hydroxyl groups excluding tert-OH is 1. The molecule has 0 aliphatic heterocycles. The van der Waals surface area contributed by atoms with Gasteiger partial charge in [0.2, 0.25) is 0 Å². The summed E-state index contributed by atoms with van der Waals surface area (Å²) in [5, 5.41) is 12.0. The van der Waals surface area contributed by atoms with Crippen molar-refractivity contribution in [2.45, 2.75) is 45.6 Å². The number of hydrogen-bond acceptors (Lipinski definition) is 2.